The van der Waals surface area contributed by atoms with E-state index >= 15 is 0 Å². The predicted molar refractivity (Wildman–Crippen MR) is 115 cm³/mol. The summed E-state index contributed by atoms with van der Waals surface area (Å²) in [6.07, 6.45) is 5.25. The van der Waals surface area contributed by atoms with Crippen LogP contribution >= 0.6 is 11.3 Å². The van der Waals surface area contributed by atoms with Crippen LogP contribution < -0.4 is 10.1 Å². The third kappa shape index (κ3) is 3.76. The second-order valence-electron chi connectivity index (χ2n) is 6.37. The fourth-order valence-electron chi connectivity index (χ4n) is 2.90. The molecule has 7 nitrogen and oxygen atoms in total. The lowest BCUT2D eigenvalue weighted by Gasteiger charge is -2.08. The first-order valence-electron chi connectivity index (χ1n) is 9.15. The number of carbonyl (C=O) groups is 1. The van der Waals surface area contributed by atoms with Crippen molar-refractivity contribution in [3.63, 3.8) is 0 Å². The van der Waals surface area contributed by atoms with Gasteiger partial charge in [0.2, 0.25) is 5.88 Å². The van der Waals surface area contributed by atoms with Crippen molar-refractivity contribution in [2.45, 2.75) is 0 Å². The number of amides is 1. The summed E-state index contributed by atoms with van der Waals surface area (Å²) >= 11 is 1.37. The lowest BCUT2D eigenvalue weighted by atomic mass is 10.3. The molecular formula is C22H15N5O2S. The molecule has 0 unspecified atom stereocenters. The van der Waals surface area contributed by atoms with Crippen LogP contribution in [0.4, 0.5) is 5.69 Å². The maximum absolute atomic E-state index is 12.5. The molecule has 1 amide bonds. The number of rotatable bonds is 5. The summed E-state index contributed by atoms with van der Waals surface area (Å²) in [6.45, 7) is 0. The lowest BCUT2D eigenvalue weighted by molar-refractivity contribution is 0.102. The summed E-state index contributed by atoms with van der Waals surface area (Å²) in [5.41, 5.74) is 1.47. The van der Waals surface area contributed by atoms with Gasteiger partial charge in [-0.15, -0.1) is 11.3 Å². The Balaban J connectivity index is 1.27. The Morgan fingerprint density at radius 3 is 2.57 bits per heavy atom. The maximum Gasteiger partial charge on any atom is 0.284 e. The Morgan fingerprint density at radius 2 is 1.77 bits per heavy atom. The van der Waals surface area contributed by atoms with Gasteiger partial charge in [0.25, 0.3) is 5.91 Å². The molecule has 3 aromatic heterocycles. The summed E-state index contributed by atoms with van der Waals surface area (Å²) in [4.78, 5) is 25.3. The van der Waals surface area contributed by atoms with E-state index in [1.165, 1.54) is 17.7 Å². The number of nitrogens with one attached hydrogen (secondary N) is 1. The standard InChI is InChI=1S/C22H15N5O2S/c28-21(22-26-17-5-1-2-6-18(17)30-22)25-15-7-9-16(10-8-15)29-20-13-19(23-14-24-20)27-11-3-4-12-27/h1-14H,(H,25,28). The molecule has 0 aliphatic heterocycles. The van der Waals surface area contributed by atoms with E-state index in [9.17, 15) is 4.79 Å². The van der Waals surface area contributed by atoms with Crippen molar-refractivity contribution in [3.05, 3.63) is 90.5 Å². The first kappa shape index (κ1) is 18.0. The summed E-state index contributed by atoms with van der Waals surface area (Å²) in [5, 5.41) is 3.29. The van der Waals surface area contributed by atoms with Gasteiger partial charge in [0.15, 0.2) is 5.01 Å². The third-order valence-corrected chi connectivity index (χ3v) is 5.35. The molecule has 0 aliphatic carbocycles. The van der Waals surface area contributed by atoms with Crippen LogP contribution in [0.3, 0.4) is 0 Å². The topological polar surface area (TPSA) is 81.9 Å². The third-order valence-electron chi connectivity index (χ3n) is 4.32. The molecule has 0 atom stereocenters. The van der Waals surface area contributed by atoms with Gasteiger partial charge in [0.05, 0.1) is 10.2 Å². The predicted octanol–water partition coefficient (Wildman–Crippen LogP) is 4.92. The first-order chi connectivity index (χ1) is 14.7. The lowest BCUT2D eigenvalue weighted by Crippen LogP contribution is -2.11. The van der Waals surface area contributed by atoms with Gasteiger partial charge in [0, 0.05) is 24.1 Å². The molecule has 0 spiro atoms. The average Bonchev–Trinajstić information content (AvgIpc) is 3.45. The van der Waals surface area contributed by atoms with E-state index in [2.05, 4.69) is 20.3 Å². The molecule has 8 heteroatoms. The molecule has 5 rings (SSSR count). The SMILES string of the molecule is O=C(Nc1ccc(Oc2cc(-n3cccc3)ncn2)cc1)c1nc2ccccc2s1. The molecule has 1 N–H and O–H groups in total. The highest BCUT2D eigenvalue weighted by molar-refractivity contribution is 7.20. The highest BCUT2D eigenvalue weighted by Crippen LogP contribution is 2.25. The van der Waals surface area contributed by atoms with Crippen LogP contribution in [0.25, 0.3) is 16.0 Å². The molecule has 0 saturated carbocycles. The monoisotopic (exact) mass is 413 g/mol. The molecule has 2 aromatic carbocycles. The Morgan fingerprint density at radius 1 is 0.967 bits per heavy atom. The number of anilines is 1. The second kappa shape index (κ2) is 7.76. The van der Waals surface area contributed by atoms with Crippen molar-refractivity contribution in [2.24, 2.45) is 0 Å². The molecule has 5 aromatic rings. The van der Waals surface area contributed by atoms with Gasteiger partial charge in [-0.1, -0.05) is 12.1 Å². The molecule has 0 saturated heterocycles. The zero-order valence-corrected chi connectivity index (χ0v) is 16.4. The minimum atomic E-state index is -0.239. The summed E-state index contributed by atoms with van der Waals surface area (Å²) < 4.78 is 8.67. The Hall–Kier alpha value is -4.04. The summed E-state index contributed by atoms with van der Waals surface area (Å²) in [6, 6.07) is 20.4. The Kier molecular flexibility index (Phi) is 4.66. The van der Waals surface area contributed by atoms with E-state index in [0.29, 0.717) is 28.1 Å². The second-order valence-corrected chi connectivity index (χ2v) is 7.40. The number of para-hydroxylation sites is 1. The van der Waals surface area contributed by atoms with Crippen LogP contribution in [-0.2, 0) is 0 Å². The Bertz CT molecular complexity index is 1280. The van der Waals surface area contributed by atoms with Crippen LogP contribution in [0.15, 0.2) is 85.5 Å². The largest absolute Gasteiger partial charge is 0.439 e. The molecule has 0 fully saturated rings. The van der Waals surface area contributed by atoms with Gasteiger partial charge < -0.3 is 14.6 Å². The number of thiazole rings is 1. The highest BCUT2D eigenvalue weighted by atomic mass is 32.1. The van der Waals surface area contributed by atoms with Gasteiger partial charge in [0.1, 0.15) is 17.9 Å². The van der Waals surface area contributed by atoms with Gasteiger partial charge in [-0.05, 0) is 48.5 Å². The van der Waals surface area contributed by atoms with Gasteiger partial charge in [-0.3, -0.25) is 4.79 Å². The smallest absolute Gasteiger partial charge is 0.284 e. The quantitative estimate of drug-likeness (QED) is 0.442. The van der Waals surface area contributed by atoms with Crippen molar-refractivity contribution in [3.8, 4) is 17.4 Å². The molecule has 30 heavy (non-hydrogen) atoms. The Labute approximate surface area is 175 Å². The number of fused-ring (bicyclic) bond motifs is 1. The minimum absolute atomic E-state index is 0.239. The van der Waals surface area contributed by atoms with E-state index in [1.807, 2.05) is 53.4 Å². The van der Waals surface area contributed by atoms with E-state index in [0.717, 1.165) is 10.2 Å². The highest BCUT2D eigenvalue weighted by Gasteiger charge is 2.12. The van der Waals surface area contributed by atoms with E-state index < -0.39 is 0 Å². The average molecular weight is 413 g/mol. The zero-order chi connectivity index (χ0) is 20.3. The van der Waals surface area contributed by atoms with E-state index in [-0.39, 0.29) is 5.91 Å². The fourth-order valence-corrected chi connectivity index (χ4v) is 3.76. The molecule has 146 valence electrons. The van der Waals surface area contributed by atoms with Crippen LogP contribution in [-0.4, -0.2) is 25.4 Å². The molecular weight excluding hydrogens is 398 g/mol. The van der Waals surface area contributed by atoms with Crippen LogP contribution in [0.5, 0.6) is 11.6 Å². The number of nitrogens with zero attached hydrogens (tertiary/aromatic N) is 4. The number of ether oxygens (including phenoxy) is 1. The fraction of sp³-hybridized carbons (Fsp3) is 0. The van der Waals surface area contributed by atoms with E-state index in [1.54, 1.807) is 30.3 Å². The van der Waals surface area contributed by atoms with Crippen molar-refractivity contribution in [2.75, 3.05) is 5.32 Å². The molecule has 0 aliphatic rings. The van der Waals surface area contributed by atoms with Gasteiger partial charge in [-0.2, -0.15) is 0 Å². The number of aromatic nitrogens is 4. The molecule has 3 heterocycles. The summed E-state index contributed by atoms with van der Waals surface area (Å²) in [7, 11) is 0. The van der Waals surface area contributed by atoms with Crippen molar-refractivity contribution >= 4 is 33.1 Å². The normalized spacial score (nSPS) is 10.8. The summed E-state index contributed by atoms with van der Waals surface area (Å²) in [5.74, 6) is 1.51. The molecule has 0 bridgehead atoms. The van der Waals surface area contributed by atoms with Crippen LogP contribution in [0.2, 0.25) is 0 Å². The van der Waals surface area contributed by atoms with Crippen molar-refractivity contribution in [1.29, 1.82) is 0 Å². The molecule has 0 radical (unpaired) electrons. The number of hydrogen-bond donors (Lipinski definition) is 1. The number of hydrogen-bond acceptors (Lipinski definition) is 6. The van der Waals surface area contributed by atoms with Crippen LogP contribution in [0, 0.1) is 0 Å². The zero-order valence-electron chi connectivity index (χ0n) is 15.6. The van der Waals surface area contributed by atoms with Gasteiger partial charge in [-0.25, -0.2) is 15.0 Å². The van der Waals surface area contributed by atoms with Crippen LogP contribution in [0.1, 0.15) is 9.80 Å². The van der Waals surface area contributed by atoms with Gasteiger partial charge >= 0.3 is 0 Å². The number of benzene rings is 2. The van der Waals surface area contributed by atoms with Crippen molar-refractivity contribution < 1.29 is 9.53 Å². The van der Waals surface area contributed by atoms with E-state index in [4.69, 9.17) is 4.74 Å². The minimum Gasteiger partial charge on any atom is -0.439 e. The van der Waals surface area contributed by atoms with Crippen molar-refractivity contribution in [1.82, 2.24) is 19.5 Å². The first-order valence-corrected chi connectivity index (χ1v) is 9.96. The number of carbonyl (C=O) groups excluding carboxylic acids is 1. The maximum atomic E-state index is 12.5.